The standard InChI is InChI=1S/C21H17F5N2O5P/c1-3-31-21(29)11(2)27-34(33-14-10-6-8-12-7-4-5-9-13(12)14)28(30)32-20-18(25)16(23)15(22)17(24)19(20)26/h4-11,27H,3H2,1-2H3/q+1/t11-,34?/m0/s1. The maximum atomic E-state index is 14.0. The molecule has 3 rings (SSSR count). The summed E-state index contributed by atoms with van der Waals surface area (Å²) in [5, 5.41) is 3.71. The van der Waals surface area contributed by atoms with Crippen molar-refractivity contribution in [2.45, 2.75) is 19.9 Å². The van der Waals surface area contributed by atoms with Gasteiger partial charge in [0.2, 0.25) is 29.1 Å². The minimum atomic E-state index is -2.80. The Bertz CT molecular complexity index is 1210. The van der Waals surface area contributed by atoms with Crippen molar-refractivity contribution in [1.82, 2.24) is 5.09 Å². The molecule has 0 spiro atoms. The molecule has 0 amide bonds. The fraction of sp³-hybridized carbons (Fsp3) is 0.190. The summed E-state index contributed by atoms with van der Waals surface area (Å²) in [5.41, 5.74) is 0. The third kappa shape index (κ3) is 5.23. The van der Waals surface area contributed by atoms with Gasteiger partial charge in [0.25, 0.3) is 10.4 Å². The highest BCUT2D eigenvalue weighted by Gasteiger charge is 2.42. The molecule has 0 aromatic heterocycles. The molecule has 0 saturated carbocycles. The summed E-state index contributed by atoms with van der Waals surface area (Å²) in [6.45, 7) is 2.88. The average Bonchev–Trinajstić information content (AvgIpc) is 2.83. The molecule has 0 fully saturated rings. The lowest BCUT2D eigenvalue weighted by Crippen LogP contribution is -2.35. The molecule has 7 nitrogen and oxygen atoms in total. The summed E-state index contributed by atoms with van der Waals surface area (Å²) < 4.78 is 78.3. The molecular weight excluding hydrogens is 486 g/mol. The molecule has 34 heavy (non-hydrogen) atoms. The van der Waals surface area contributed by atoms with Crippen LogP contribution in [0, 0.1) is 34.0 Å². The van der Waals surface area contributed by atoms with E-state index < -0.39 is 60.0 Å². The van der Waals surface area contributed by atoms with E-state index in [9.17, 15) is 31.7 Å². The van der Waals surface area contributed by atoms with Gasteiger partial charge in [-0.2, -0.15) is 18.7 Å². The van der Waals surface area contributed by atoms with Crippen LogP contribution in [-0.2, 0) is 9.53 Å². The molecule has 2 atom stereocenters. The van der Waals surface area contributed by atoms with Gasteiger partial charge in [-0.3, -0.25) is 4.79 Å². The number of hydrogen-bond donors (Lipinski definition) is 1. The van der Waals surface area contributed by atoms with Crippen LogP contribution in [0.4, 0.5) is 22.0 Å². The van der Waals surface area contributed by atoms with Crippen molar-refractivity contribution in [3.63, 3.8) is 0 Å². The van der Waals surface area contributed by atoms with Crippen LogP contribution in [0.1, 0.15) is 13.8 Å². The van der Waals surface area contributed by atoms with E-state index in [1.807, 2.05) is 0 Å². The van der Waals surface area contributed by atoms with Crippen molar-refractivity contribution < 1.29 is 45.5 Å². The number of carbonyl (C=O) groups excluding carboxylic acids is 1. The van der Waals surface area contributed by atoms with E-state index in [0.717, 1.165) is 0 Å². The second-order valence-corrected chi connectivity index (χ2v) is 7.99. The van der Waals surface area contributed by atoms with Gasteiger partial charge in [0.05, 0.1) is 11.5 Å². The van der Waals surface area contributed by atoms with Gasteiger partial charge in [0, 0.05) is 5.39 Å². The summed E-state index contributed by atoms with van der Waals surface area (Å²) in [7, 11) is -2.80. The SMILES string of the molecule is CCOC(=O)[C@H](C)NP(Oc1cccc2ccccc12)[N+](=O)Oc1c(F)c(F)c(F)c(F)c1F. The fourth-order valence-electron chi connectivity index (χ4n) is 2.74. The van der Waals surface area contributed by atoms with E-state index in [-0.39, 0.29) is 12.4 Å². The van der Waals surface area contributed by atoms with Crippen LogP contribution in [0.3, 0.4) is 0 Å². The predicted octanol–water partition coefficient (Wildman–Crippen LogP) is 5.46. The molecule has 3 aromatic carbocycles. The predicted molar refractivity (Wildman–Crippen MR) is 111 cm³/mol. The lowest BCUT2D eigenvalue weighted by Gasteiger charge is -2.15. The first-order chi connectivity index (χ1) is 16.1. The Kier molecular flexibility index (Phi) is 7.95. The Hall–Kier alpha value is -3.37. The normalized spacial score (nSPS) is 12.8. The van der Waals surface area contributed by atoms with Crippen molar-refractivity contribution in [1.29, 1.82) is 0 Å². The Labute approximate surface area is 190 Å². The number of hydrogen-bond acceptors (Lipinski definition) is 6. The maximum absolute atomic E-state index is 14.0. The number of fused-ring (bicyclic) bond motifs is 1. The maximum Gasteiger partial charge on any atom is 0.596 e. The average molecular weight is 503 g/mol. The van der Waals surface area contributed by atoms with Gasteiger partial charge in [-0.05, 0) is 25.3 Å². The van der Waals surface area contributed by atoms with Crippen LogP contribution < -0.4 is 14.4 Å². The first-order valence-electron chi connectivity index (χ1n) is 9.70. The van der Waals surface area contributed by atoms with E-state index in [1.165, 1.54) is 13.0 Å². The van der Waals surface area contributed by atoms with Gasteiger partial charge in [0.1, 0.15) is 11.8 Å². The lowest BCUT2D eigenvalue weighted by atomic mass is 10.1. The lowest BCUT2D eigenvalue weighted by molar-refractivity contribution is -0.648. The van der Waals surface area contributed by atoms with E-state index in [2.05, 4.69) is 9.92 Å². The number of benzene rings is 3. The summed E-state index contributed by atoms with van der Waals surface area (Å²) >= 11 is 0. The van der Waals surface area contributed by atoms with E-state index in [0.29, 0.717) is 10.8 Å². The van der Waals surface area contributed by atoms with Crippen molar-refractivity contribution in [3.05, 3.63) is 76.5 Å². The number of nitrogens with zero attached hydrogens (tertiary/aromatic N) is 1. The quantitative estimate of drug-likeness (QED) is 0.104. The largest absolute Gasteiger partial charge is 0.596 e. The second-order valence-electron chi connectivity index (χ2n) is 6.67. The molecule has 180 valence electrons. The molecule has 0 aliphatic rings. The zero-order valence-corrected chi connectivity index (χ0v) is 18.5. The highest BCUT2D eigenvalue weighted by atomic mass is 31.2. The first kappa shape index (κ1) is 25.3. The third-order valence-electron chi connectivity index (χ3n) is 4.37. The van der Waals surface area contributed by atoms with Crippen molar-refractivity contribution in [3.8, 4) is 11.5 Å². The molecule has 13 heteroatoms. The Balaban J connectivity index is 1.97. The summed E-state index contributed by atoms with van der Waals surface area (Å²) in [6.07, 6.45) is 0. The molecule has 1 unspecified atom stereocenters. The topological polar surface area (TPSA) is 76.9 Å². The fourth-order valence-corrected chi connectivity index (χ4v) is 3.89. The molecule has 1 N–H and O–H groups in total. The molecule has 0 aliphatic carbocycles. The zero-order chi connectivity index (χ0) is 25.0. The Morgan fingerprint density at radius 1 is 0.971 bits per heavy atom. The van der Waals surface area contributed by atoms with Gasteiger partial charge in [-0.1, -0.05) is 36.4 Å². The van der Waals surface area contributed by atoms with Gasteiger partial charge < -0.3 is 9.26 Å². The minimum Gasteiger partial charge on any atom is -0.465 e. The number of nitrogens with one attached hydrogen (secondary N) is 1. The molecule has 0 heterocycles. The van der Waals surface area contributed by atoms with Crippen LogP contribution in [0.25, 0.3) is 10.8 Å². The summed E-state index contributed by atoms with van der Waals surface area (Å²) in [6, 6.07) is 10.5. The Morgan fingerprint density at radius 2 is 1.56 bits per heavy atom. The molecule has 0 aliphatic heterocycles. The van der Waals surface area contributed by atoms with Crippen LogP contribution in [-0.4, -0.2) is 23.3 Å². The van der Waals surface area contributed by atoms with Crippen molar-refractivity contribution in [2.24, 2.45) is 0 Å². The van der Waals surface area contributed by atoms with Crippen molar-refractivity contribution >= 4 is 25.2 Å². The molecule has 0 bridgehead atoms. The minimum absolute atomic E-state index is 0.0229. The van der Waals surface area contributed by atoms with Crippen molar-refractivity contribution in [2.75, 3.05) is 6.61 Å². The van der Waals surface area contributed by atoms with E-state index >= 15 is 0 Å². The number of esters is 1. The van der Waals surface area contributed by atoms with Crippen LogP contribution >= 0.6 is 8.45 Å². The van der Waals surface area contributed by atoms with Crippen LogP contribution in [0.15, 0.2) is 42.5 Å². The smallest absolute Gasteiger partial charge is 0.465 e. The van der Waals surface area contributed by atoms with E-state index in [1.54, 1.807) is 43.3 Å². The van der Waals surface area contributed by atoms with Crippen LogP contribution in [0.5, 0.6) is 11.5 Å². The number of halogens is 5. The van der Waals surface area contributed by atoms with Crippen LogP contribution in [0.2, 0.25) is 0 Å². The van der Waals surface area contributed by atoms with Gasteiger partial charge >= 0.3 is 14.4 Å². The summed E-state index contributed by atoms with van der Waals surface area (Å²) in [5.74, 6) is -14.2. The molecule has 0 saturated heterocycles. The molecule has 0 radical (unpaired) electrons. The van der Waals surface area contributed by atoms with Gasteiger partial charge in [0.15, 0.2) is 0 Å². The van der Waals surface area contributed by atoms with Gasteiger partial charge in [-0.15, -0.1) is 0 Å². The molecule has 3 aromatic rings. The first-order valence-corrected chi connectivity index (χ1v) is 10.9. The third-order valence-corrected chi connectivity index (χ3v) is 5.72. The zero-order valence-electron chi connectivity index (χ0n) is 17.7. The number of rotatable bonds is 9. The number of carbonyl (C=O) groups is 1. The molecular formula is C21H17F5N2O5P+. The second kappa shape index (κ2) is 10.7. The number of ether oxygens (including phenoxy) is 1. The highest BCUT2D eigenvalue weighted by molar-refractivity contribution is 7.43. The van der Waals surface area contributed by atoms with E-state index in [4.69, 9.17) is 9.26 Å². The summed E-state index contributed by atoms with van der Waals surface area (Å²) in [4.78, 5) is 29.1. The Morgan fingerprint density at radius 3 is 2.21 bits per heavy atom. The monoisotopic (exact) mass is 503 g/mol. The highest BCUT2D eigenvalue weighted by Crippen LogP contribution is 2.40. The van der Waals surface area contributed by atoms with Gasteiger partial charge in [-0.25, -0.2) is 13.2 Å².